The Balaban J connectivity index is 0. The minimum absolute atomic E-state index is 0. The Kier molecular flexibility index (Phi) is 10.7. The van der Waals surface area contributed by atoms with Crippen LogP contribution >= 0.6 is 0 Å². The van der Waals surface area contributed by atoms with E-state index in [4.69, 9.17) is 4.74 Å². The summed E-state index contributed by atoms with van der Waals surface area (Å²) in [4.78, 5) is 0. The first kappa shape index (κ1) is 11.4. The zero-order valence-corrected chi connectivity index (χ0v) is 8.07. The quantitative estimate of drug-likeness (QED) is 0.401. The topological polar surface area (TPSA) is 42.7 Å². The van der Waals surface area contributed by atoms with Crippen LogP contribution in [0, 0.1) is 6.61 Å². The van der Waals surface area contributed by atoms with E-state index < -0.39 is 0 Å². The molecule has 0 aliphatic carbocycles. The summed E-state index contributed by atoms with van der Waals surface area (Å²) in [5, 5.41) is 0. The summed E-state index contributed by atoms with van der Waals surface area (Å²) in [6.45, 7) is 2.84. The van der Waals surface area contributed by atoms with Gasteiger partial charge in [-0.1, -0.05) is 6.42 Å². The molecule has 0 spiro atoms. The molecule has 3 heteroatoms. The molecule has 2 N–H and O–H groups in total. The van der Waals surface area contributed by atoms with Gasteiger partial charge in [-0.05, 0) is 6.42 Å². The molecule has 0 amide bonds. The van der Waals surface area contributed by atoms with Gasteiger partial charge in [0.1, 0.15) is 0 Å². The Bertz CT molecular complexity index is 27.9. The van der Waals surface area contributed by atoms with E-state index in [0.29, 0.717) is 0 Å². The van der Waals surface area contributed by atoms with Crippen molar-refractivity contribution in [1.82, 2.24) is 0 Å². The van der Waals surface area contributed by atoms with E-state index in [1.165, 1.54) is 12.8 Å². The van der Waals surface area contributed by atoms with E-state index in [1.807, 2.05) is 6.61 Å². The number of ether oxygens (including phenoxy) is 1. The van der Waals surface area contributed by atoms with Crippen molar-refractivity contribution in [2.24, 2.45) is 0 Å². The molecule has 0 atom stereocenters. The monoisotopic (exact) mass is 165 g/mol. The van der Waals surface area contributed by atoms with Crippen LogP contribution in [0.4, 0.5) is 0 Å². The summed E-state index contributed by atoms with van der Waals surface area (Å²) in [5.74, 6) is 0. The second-order valence-corrected chi connectivity index (χ2v) is 1.53. The molecule has 0 unspecified atom stereocenters. The van der Waals surface area contributed by atoms with Crippen LogP contribution in [-0.2, 0) is 24.2 Å². The van der Waals surface area contributed by atoms with Gasteiger partial charge in [-0.15, -0.1) is 0 Å². The molecule has 44 valence electrons. The van der Waals surface area contributed by atoms with Crippen LogP contribution in [-0.4, -0.2) is 6.61 Å². The van der Waals surface area contributed by atoms with Gasteiger partial charge < -0.3 is 10.9 Å². The van der Waals surface area contributed by atoms with Gasteiger partial charge >= 0.3 is 19.5 Å². The predicted octanol–water partition coefficient (Wildman–Crippen LogP) is 2.06. The molecule has 0 aromatic rings. The van der Waals surface area contributed by atoms with Crippen molar-refractivity contribution in [1.29, 1.82) is 0 Å². The summed E-state index contributed by atoms with van der Waals surface area (Å²) in [7, 11) is 0. The molecule has 8 heavy (non-hydrogen) atoms. The largest absolute Gasteiger partial charge is 2.00 e. The van der Waals surface area contributed by atoms with E-state index in [-0.39, 0.29) is 25.6 Å². The molecule has 0 aromatic heterocycles. The molecule has 1 saturated heterocycles. The standard InChI is InChI=1S/C5H9O.H2N.Zn/c1-2-4-6-5-3-1;;/h4H,1-3,5H2;1H2;/q2*-1;+2. The normalized spacial score (nSPS) is 18.0. The average Bonchev–Trinajstić information content (AvgIpc) is 1.72. The third-order valence-corrected chi connectivity index (χ3v) is 0.952. The smallest absolute Gasteiger partial charge is 0.693 e. The summed E-state index contributed by atoms with van der Waals surface area (Å²) >= 11 is 0. The first-order valence-corrected chi connectivity index (χ1v) is 2.43. The molecular formula is C5H11NOZn. The zero-order chi connectivity index (χ0) is 4.24. The fourth-order valence-electron chi connectivity index (χ4n) is 0.580. The third kappa shape index (κ3) is 4.70. The number of rotatable bonds is 0. The summed E-state index contributed by atoms with van der Waals surface area (Å²) in [6, 6.07) is 0. The predicted molar refractivity (Wildman–Crippen MR) is 29.4 cm³/mol. The molecule has 0 saturated carbocycles. The molecule has 1 fully saturated rings. The van der Waals surface area contributed by atoms with Crippen molar-refractivity contribution in [3.63, 3.8) is 0 Å². The van der Waals surface area contributed by atoms with Crippen LogP contribution in [0.15, 0.2) is 0 Å². The van der Waals surface area contributed by atoms with E-state index in [9.17, 15) is 0 Å². The van der Waals surface area contributed by atoms with E-state index >= 15 is 0 Å². The molecule has 1 aliphatic heterocycles. The van der Waals surface area contributed by atoms with Crippen LogP contribution in [0.25, 0.3) is 6.15 Å². The van der Waals surface area contributed by atoms with Gasteiger partial charge in [-0.25, -0.2) is 6.61 Å². The van der Waals surface area contributed by atoms with Crippen LogP contribution in [0.3, 0.4) is 0 Å². The minimum Gasteiger partial charge on any atom is -0.693 e. The van der Waals surface area contributed by atoms with Crippen molar-refractivity contribution in [3.05, 3.63) is 12.8 Å². The first-order valence-electron chi connectivity index (χ1n) is 2.43. The van der Waals surface area contributed by atoms with Crippen molar-refractivity contribution in [2.75, 3.05) is 6.61 Å². The molecule has 0 radical (unpaired) electrons. The molecule has 1 rings (SSSR count). The van der Waals surface area contributed by atoms with Gasteiger partial charge in [0.25, 0.3) is 0 Å². The maximum Gasteiger partial charge on any atom is 2.00 e. The summed E-state index contributed by atoms with van der Waals surface area (Å²) in [5.41, 5.74) is 0. The summed E-state index contributed by atoms with van der Waals surface area (Å²) in [6.07, 6.45) is 3.72. The molecule has 2 nitrogen and oxygen atoms in total. The second kappa shape index (κ2) is 7.54. The Morgan fingerprint density at radius 3 is 2.12 bits per heavy atom. The Morgan fingerprint density at radius 1 is 1.25 bits per heavy atom. The maximum absolute atomic E-state index is 4.94. The third-order valence-electron chi connectivity index (χ3n) is 0.952. The van der Waals surface area contributed by atoms with Crippen molar-refractivity contribution in [3.8, 4) is 0 Å². The molecule has 0 aromatic carbocycles. The Hall–Kier alpha value is 0.543. The summed E-state index contributed by atoms with van der Waals surface area (Å²) < 4.78 is 4.94. The van der Waals surface area contributed by atoms with Crippen LogP contribution in [0.1, 0.15) is 19.3 Å². The molecule has 1 heterocycles. The van der Waals surface area contributed by atoms with E-state index in [0.717, 1.165) is 13.0 Å². The maximum atomic E-state index is 4.94. The molecule has 1 aliphatic rings. The fourth-order valence-corrected chi connectivity index (χ4v) is 0.580. The SMILES string of the molecule is [CH-]1CCCCO1.[NH2-].[Zn+2]. The Morgan fingerprint density at radius 2 is 2.00 bits per heavy atom. The molecule has 0 bridgehead atoms. The minimum atomic E-state index is 0. The van der Waals surface area contributed by atoms with Crippen molar-refractivity contribution < 1.29 is 24.2 Å². The van der Waals surface area contributed by atoms with Crippen molar-refractivity contribution in [2.45, 2.75) is 19.3 Å². The van der Waals surface area contributed by atoms with Gasteiger partial charge in [0.2, 0.25) is 0 Å². The van der Waals surface area contributed by atoms with Gasteiger partial charge in [0, 0.05) is 6.61 Å². The van der Waals surface area contributed by atoms with Crippen LogP contribution < -0.4 is 0 Å². The van der Waals surface area contributed by atoms with Crippen molar-refractivity contribution >= 4 is 0 Å². The van der Waals surface area contributed by atoms with E-state index in [1.54, 1.807) is 0 Å². The van der Waals surface area contributed by atoms with E-state index in [2.05, 4.69) is 0 Å². The number of nitrogens with two attached hydrogens (primary N) is 1. The average molecular weight is 167 g/mol. The van der Waals surface area contributed by atoms with Gasteiger partial charge in [-0.2, -0.15) is 6.42 Å². The molecular weight excluding hydrogens is 155 g/mol. The van der Waals surface area contributed by atoms with Crippen LogP contribution in [0.5, 0.6) is 0 Å². The van der Waals surface area contributed by atoms with Gasteiger partial charge in [0.15, 0.2) is 0 Å². The number of hydrogen-bond acceptors (Lipinski definition) is 1. The Labute approximate surface area is 63.3 Å². The van der Waals surface area contributed by atoms with Gasteiger partial charge in [-0.3, -0.25) is 0 Å². The fraction of sp³-hybridized carbons (Fsp3) is 0.800. The first-order chi connectivity index (χ1) is 3.00. The number of hydrogen-bond donors (Lipinski definition) is 0. The second-order valence-electron chi connectivity index (χ2n) is 1.53. The van der Waals surface area contributed by atoms with Crippen LogP contribution in [0.2, 0.25) is 0 Å². The van der Waals surface area contributed by atoms with Gasteiger partial charge in [0.05, 0.1) is 0 Å². The zero-order valence-electron chi connectivity index (χ0n) is 5.10.